The standard InChI is InChI=1S/C18H19FN2O2/c1-3-14-4-10-17(11-5-14)23-12-18(22)21-20-13(2)15-6-8-16(19)9-7-15/h4-11H,3,12H2,1-2H3,(H,21,22)/b20-13-. The minimum Gasteiger partial charge on any atom is -0.484 e. The van der Waals surface area contributed by atoms with E-state index >= 15 is 0 Å². The van der Waals surface area contributed by atoms with Crippen LogP contribution in [0, 0.1) is 5.82 Å². The van der Waals surface area contributed by atoms with Gasteiger partial charge in [0, 0.05) is 0 Å². The summed E-state index contributed by atoms with van der Waals surface area (Å²) in [7, 11) is 0. The van der Waals surface area contributed by atoms with Gasteiger partial charge in [0.1, 0.15) is 11.6 Å². The summed E-state index contributed by atoms with van der Waals surface area (Å²) in [5.41, 5.74) is 4.96. The van der Waals surface area contributed by atoms with Crippen molar-refractivity contribution >= 4 is 11.6 Å². The largest absolute Gasteiger partial charge is 0.484 e. The predicted molar refractivity (Wildman–Crippen MR) is 88.1 cm³/mol. The van der Waals surface area contributed by atoms with Crippen LogP contribution in [-0.2, 0) is 11.2 Å². The number of aryl methyl sites for hydroxylation is 1. The van der Waals surface area contributed by atoms with Crippen molar-refractivity contribution in [2.75, 3.05) is 6.61 Å². The first-order valence-corrected chi connectivity index (χ1v) is 7.39. The fourth-order valence-corrected chi connectivity index (χ4v) is 1.90. The molecule has 5 heteroatoms. The van der Waals surface area contributed by atoms with E-state index in [1.54, 1.807) is 19.1 Å². The SMILES string of the molecule is CCc1ccc(OCC(=O)N/N=C(/C)c2ccc(F)cc2)cc1. The highest BCUT2D eigenvalue weighted by Crippen LogP contribution is 2.12. The molecule has 0 heterocycles. The second kappa shape index (κ2) is 8.08. The van der Waals surface area contributed by atoms with E-state index in [2.05, 4.69) is 17.5 Å². The molecular formula is C18H19FN2O2. The summed E-state index contributed by atoms with van der Waals surface area (Å²) in [6.07, 6.45) is 0.956. The maximum atomic E-state index is 12.8. The number of hydrazone groups is 1. The summed E-state index contributed by atoms with van der Waals surface area (Å²) in [6.45, 7) is 3.69. The Balaban J connectivity index is 1.84. The van der Waals surface area contributed by atoms with Crippen LogP contribution in [0.5, 0.6) is 5.75 Å². The lowest BCUT2D eigenvalue weighted by Gasteiger charge is -2.06. The van der Waals surface area contributed by atoms with E-state index < -0.39 is 0 Å². The third-order valence-corrected chi connectivity index (χ3v) is 3.31. The highest BCUT2D eigenvalue weighted by Gasteiger charge is 2.03. The first kappa shape index (κ1) is 16.7. The lowest BCUT2D eigenvalue weighted by Crippen LogP contribution is -2.25. The Hall–Kier alpha value is -2.69. The molecule has 0 unspecified atom stereocenters. The van der Waals surface area contributed by atoms with Crippen LogP contribution in [0.2, 0.25) is 0 Å². The minimum atomic E-state index is -0.356. The molecule has 1 N–H and O–H groups in total. The molecule has 0 aliphatic rings. The fourth-order valence-electron chi connectivity index (χ4n) is 1.90. The van der Waals surface area contributed by atoms with E-state index in [1.807, 2.05) is 24.3 Å². The van der Waals surface area contributed by atoms with E-state index in [0.29, 0.717) is 11.5 Å². The Labute approximate surface area is 135 Å². The van der Waals surface area contributed by atoms with Gasteiger partial charge in [-0.25, -0.2) is 9.82 Å². The number of halogens is 1. The summed E-state index contributed by atoms with van der Waals surface area (Å²) in [6, 6.07) is 13.5. The van der Waals surface area contributed by atoms with Gasteiger partial charge in [-0.15, -0.1) is 0 Å². The van der Waals surface area contributed by atoms with Gasteiger partial charge in [-0.05, 0) is 48.7 Å². The van der Waals surface area contributed by atoms with Crippen LogP contribution in [0.3, 0.4) is 0 Å². The Kier molecular flexibility index (Phi) is 5.86. The molecule has 0 bridgehead atoms. The van der Waals surface area contributed by atoms with Crippen molar-refractivity contribution in [1.82, 2.24) is 5.43 Å². The molecule has 0 saturated heterocycles. The van der Waals surface area contributed by atoms with E-state index in [1.165, 1.54) is 17.7 Å². The quantitative estimate of drug-likeness (QED) is 0.657. The lowest BCUT2D eigenvalue weighted by molar-refractivity contribution is -0.123. The first-order valence-electron chi connectivity index (χ1n) is 7.39. The topological polar surface area (TPSA) is 50.7 Å². The Morgan fingerprint density at radius 3 is 2.39 bits per heavy atom. The molecule has 120 valence electrons. The zero-order valence-electron chi connectivity index (χ0n) is 13.2. The molecule has 0 aliphatic carbocycles. The summed E-state index contributed by atoms with van der Waals surface area (Å²) in [4.78, 5) is 11.7. The van der Waals surface area contributed by atoms with Gasteiger partial charge >= 0.3 is 0 Å². The molecule has 4 nitrogen and oxygen atoms in total. The van der Waals surface area contributed by atoms with Crippen molar-refractivity contribution in [2.24, 2.45) is 5.10 Å². The number of ether oxygens (including phenoxy) is 1. The lowest BCUT2D eigenvalue weighted by atomic mass is 10.1. The molecule has 1 amide bonds. The van der Waals surface area contributed by atoms with E-state index in [-0.39, 0.29) is 18.3 Å². The van der Waals surface area contributed by atoms with Gasteiger partial charge in [0.15, 0.2) is 6.61 Å². The molecule has 2 rings (SSSR count). The molecule has 23 heavy (non-hydrogen) atoms. The Morgan fingerprint density at radius 1 is 1.13 bits per heavy atom. The van der Waals surface area contributed by atoms with Crippen LogP contribution >= 0.6 is 0 Å². The van der Waals surface area contributed by atoms with Crippen molar-refractivity contribution in [2.45, 2.75) is 20.3 Å². The molecule has 0 saturated carbocycles. The zero-order valence-corrected chi connectivity index (χ0v) is 13.2. The van der Waals surface area contributed by atoms with Gasteiger partial charge in [-0.1, -0.05) is 31.2 Å². The van der Waals surface area contributed by atoms with Gasteiger partial charge < -0.3 is 4.74 Å². The average molecular weight is 314 g/mol. The minimum absolute atomic E-state index is 0.119. The zero-order chi connectivity index (χ0) is 16.7. The van der Waals surface area contributed by atoms with Crippen LogP contribution in [0.25, 0.3) is 0 Å². The summed E-state index contributed by atoms with van der Waals surface area (Å²) < 4.78 is 18.2. The molecule has 0 spiro atoms. The maximum Gasteiger partial charge on any atom is 0.277 e. The van der Waals surface area contributed by atoms with Crippen molar-refractivity contribution in [3.05, 3.63) is 65.5 Å². The smallest absolute Gasteiger partial charge is 0.277 e. The monoisotopic (exact) mass is 314 g/mol. The maximum absolute atomic E-state index is 12.8. The van der Waals surface area contributed by atoms with Crippen LogP contribution in [-0.4, -0.2) is 18.2 Å². The number of hydrogen-bond donors (Lipinski definition) is 1. The van der Waals surface area contributed by atoms with Gasteiger partial charge in [0.2, 0.25) is 0 Å². The predicted octanol–water partition coefficient (Wildman–Crippen LogP) is 3.31. The number of carbonyl (C=O) groups excluding carboxylic acids is 1. The third kappa shape index (κ3) is 5.21. The molecule has 2 aromatic rings. The summed E-state index contributed by atoms with van der Waals surface area (Å²) in [5.74, 6) is -0.0318. The fraction of sp³-hybridized carbons (Fsp3) is 0.222. The normalized spacial score (nSPS) is 11.2. The molecule has 2 aromatic carbocycles. The highest BCUT2D eigenvalue weighted by molar-refractivity contribution is 5.99. The number of rotatable bonds is 6. The second-order valence-corrected chi connectivity index (χ2v) is 5.03. The number of amides is 1. The van der Waals surface area contributed by atoms with Crippen LogP contribution < -0.4 is 10.2 Å². The third-order valence-electron chi connectivity index (χ3n) is 3.31. The number of carbonyl (C=O) groups is 1. The van der Waals surface area contributed by atoms with Gasteiger partial charge in [0.05, 0.1) is 5.71 Å². The molecule has 0 radical (unpaired) electrons. The van der Waals surface area contributed by atoms with E-state index in [9.17, 15) is 9.18 Å². The summed E-state index contributed by atoms with van der Waals surface area (Å²) >= 11 is 0. The van der Waals surface area contributed by atoms with E-state index in [0.717, 1.165) is 12.0 Å². The van der Waals surface area contributed by atoms with Gasteiger partial charge in [0.25, 0.3) is 5.91 Å². The number of hydrogen-bond acceptors (Lipinski definition) is 3. The van der Waals surface area contributed by atoms with Crippen molar-refractivity contribution in [3.63, 3.8) is 0 Å². The van der Waals surface area contributed by atoms with Crippen molar-refractivity contribution < 1.29 is 13.9 Å². The van der Waals surface area contributed by atoms with Crippen molar-refractivity contribution in [3.8, 4) is 5.75 Å². The number of nitrogens with one attached hydrogen (secondary N) is 1. The van der Waals surface area contributed by atoms with Crippen molar-refractivity contribution in [1.29, 1.82) is 0 Å². The highest BCUT2D eigenvalue weighted by atomic mass is 19.1. The molecule has 0 fully saturated rings. The molecular weight excluding hydrogens is 295 g/mol. The second-order valence-electron chi connectivity index (χ2n) is 5.03. The number of benzene rings is 2. The van der Waals surface area contributed by atoms with Gasteiger partial charge in [-0.2, -0.15) is 5.10 Å². The van der Waals surface area contributed by atoms with Crippen LogP contribution in [0.1, 0.15) is 25.0 Å². The molecule has 0 atom stereocenters. The summed E-state index contributed by atoms with van der Waals surface area (Å²) in [5, 5.41) is 3.98. The molecule has 0 aromatic heterocycles. The molecule has 0 aliphatic heterocycles. The van der Waals surface area contributed by atoms with Crippen LogP contribution in [0.4, 0.5) is 4.39 Å². The van der Waals surface area contributed by atoms with Gasteiger partial charge in [-0.3, -0.25) is 4.79 Å². The first-order chi connectivity index (χ1) is 11.1. The Morgan fingerprint density at radius 2 is 1.78 bits per heavy atom. The Bertz CT molecular complexity index is 679. The van der Waals surface area contributed by atoms with E-state index in [4.69, 9.17) is 4.74 Å². The average Bonchev–Trinajstić information content (AvgIpc) is 2.59. The van der Waals surface area contributed by atoms with Crippen LogP contribution in [0.15, 0.2) is 53.6 Å². The number of nitrogens with zero attached hydrogens (tertiary/aromatic N) is 1.